The van der Waals surface area contributed by atoms with Gasteiger partial charge in [0.15, 0.2) is 6.29 Å². The summed E-state index contributed by atoms with van der Waals surface area (Å²) in [4.78, 5) is 22.4. The highest BCUT2D eigenvalue weighted by Gasteiger charge is 2.44. The number of hydrogen-bond acceptors (Lipinski definition) is 12. The largest absolute Gasteiger partial charge is 0.473 e. The molecule has 1 amide bonds. The van der Waals surface area contributed by atoms with Gasteiger partial charge in [0.25, 0.3) is 0 Å². The van der Waals surface area contributed by atoms with Crippen molar-refractivity contribution in [2.75, 3.05) is 26.4 Å². The minimum Gasteiger partial charge on any atom is -0.394 e. The molecule has 242 valence electrons. The number of carbonyl (C=O) groups excluding carboxylic acids is 1. The Morgan fingerprint density at radius 1 is 1.05 bits per heavy atom. The van der Waals surface area contributed by atoms with E-state index in [1.165, 1.54) is 0 Å². The van der Waals surface area contributed by atoms with E-state index in [0.29, 0.717) is 38.6 Å². The second kappa shape index (κ2) is 16.9. The molecule has 0 bridgehead atoms. The molecular weight excluding hydrogens is 565 g/mol. The number of nitrogens with one attached hydrogen (secondary N) is 1. The van der Waals surface area contributed by atoms with Gasteiger partial charge in [0.05, 0.1) is 31.0 Å². The van der Waals surface area contributed by atoms with Crippen molar-refractivity contribution >= 4 is 13.7 Å². The Balaban J connectivity index is 1.66. The molecule has 6 N–H and O–H groups in total. The number of hydrogen-bond donors (Lipinski definition) is 6. The Labute approximate surface area is 242 Å². The summed E-state index contributed by atoms with van der Waals surface area (Å²) in [6.07, 6.45) is -5.16. The van der Waals surface area contributed by atoms with Crippen molar-refractivity contribution in [1.29, 1.82) is 0 Å². The van der Waals surface area contributed by atoms with E-state index in [9.17, 15) is 34.7 Å². The van der Waals surface area contributed by atoms with E-state index in [2.05, 4.69) is 5.32 Å². The standard InChI is InChI=1S/C26H50NO13P/c1-16(2)36-15-20-18(39-41(33,34)40-26(3,4)5)13-17(37-20)9-8-11-27-21(29)10-6-7-12-35-25-24(32)23(31)22(30)19(14-28)38-25/h16-20,22-25,28,30-32H,6-15H2,1-5H3,(H,27,29)(H,33,34)/t17?,18?,19-,20-,22-,23+,24+,25+/m1/s1. The average molecular weight is 616 g/mol. The molecule has 2 rings (SSSR count). The van der Waals surface area contributed by atoms with Gasteiger partial charge in [-0.1, -0.05) is 0 Å². The van der Waals surface area contributed by atoms with Crippen molar-refractivity contribution in [3.8, 4) is 0 Å². The first-order valence-electron chi connectivity index (χ1n) is 14.3. The predicted molar refractivity (Wildman–Crippen MR) is 146 cm³/mol. The number of unbranched alkanes of at least 4 members (excludes halogenated alkanes) is 1. The van der Waals surface area contributed by atoms with Crippen LogP contribution in [-0.4, -0.2) is 118 Å². The van der Waals surface area contributed by atoms with Crippen LogP contribution < -0.4 is 5.32 Å². The second-order valence-electron chi connectivity index (χ2n) is 11.7. The van der Waals surface area contributed by atoms with E-state index in [4.69, 9.17) is 28.0 Å². The first-order chi connectivity index (χ1) is 19.1. The van der Waals surface area contributed by atoms with Crippen molar-refractivity contribution < 1.29 is 62.7 Å². The molecule has 2 saturated heterocycles. The van der Waals surface area contributed by atoms with Crippen LogP contribution >= 0.6 is 7.82 Å². The highest BCUT2D eigenvalue weighted by Crippen LogP contribution is 2.50. The molecule has 0 saturated carbocycles. The third kappa shape index (κ3) is 13.2. The van der Waals surface area contributed by atoms with E-state index in [1.807, 2.05) is 13.8 Å². The first-order valence-corrected chi connectivity index (χ1v) is 15.8. The van der Waals surface area contributed by atoms with Crippen LogP contribution in [0, 0.1) is 0 Å². The summed E-state index contributed by atoms with van der Waals surface area (Å²) in [5, 5.41) is 41.6. The minimum atomic E-state index is -4.31. The van der Waals surface area contributed by atoms with Crippen molar-refractivity contribution in [3.05, 3.63) is 0 Å². The molecule has 0 spiro atoms. The number of phosphoric ester groups is 1. The van der Waals surface area contributed by atoms with Gasteiger partial charge in [0.1, 0.15) is 36.6 Å². The smallest absolute Gasteiger partial charge is 0.394 e. The third-order valence-electron chi connectivity index (χ3n) is 6.48. The summed E-state index contributed by atoms with van der Waals surface area (Å²) in [5.74, 6) is -0.129. The average Bonchev–Trinajstić information content (AvgIpc) is 3.23. The van der Waals surface area contributed by atoms with Crippen molar-refractivity contribution in [3.63, 3.8) is 0 Å². The summed E-state index contributed by atoms with van der Waals surface area (Å²) in [7, 11) is -4.31. The molecule has 41 heavy (non-hydrogen) atoms. The summed E-state index contributed by atoms with van der Waals surface area (Å²) < 4.78 is 45.6. The summed E-state index contributed by atoms with van der Waals surface area (Å²) in [6.45, 7) is 9.04. The number of rotatable bonds is 17. The number of aliphatic hydroxyl groups is 4. The van der Waals surface area contributed by atoms with Crippen LogP contribution in [0.5, 0.6) is 0 Å². The summed E-state index contributed by atoms with van der Waals surface area (Å²) in [5.41, 5.74) is -0.859. The predicted octanol–water partition coefficient (Wildman–Crippen LogP) is 0.753. The third-order valence-corrected chi connectivity index (χ3v) is 7.80. The Kier molecular flexibility index (Phi) is 15.1. The monoisotopic (exact) mass is 615 g/mol. The molecule has 2 aliphatic rings. The lowest BCUT2D eigenvalue weighted by Gasteiger charge is -2.39. The van der Waals surface area contributed by atoms with Gasteiger partial charge in [-0.2, -0.15) is 0 Å². The minimum absolute atomic E-state index is 0.0421. The lowest BCUT2D eigenvalue weighted by molar-refractivity contribution is -0.301. The van der Waals surface area contributed by atoms with Crippen LogP contribution in [0.2, 0.25) is 0 Å². The first kappa shape index (κ1) is 36.5. The van der Waals surface area contributed by atoms with Crippen LogP contribution in [0.4, 0.5) is 0 Å². The molecule has 0 aromatic carbocycles. The van der Waals surface area contributed by atoms with Crippen LogP contribution in [0.1, 0.15) is 73.1 Å². The maximum atomic E-state index is 12.5. The molecule has 0 aromatic rings. The fourth-order valence-corrected chi connectivity index (χ4v) is 5.81. The Bertz CT molecular complexity index is 824. The summed E-state index contributed by atoms with van der Waals surface area (Å²) in [6, 6.07) is 0. The van der Waals surface area contributed by atoms with E-state index in [0.717, 1.165) is 0 Å². The zero-order chi connectivity index (χ0) is 30.8. The molecule has 2 aliphatic heterocycles. The van der Waals surface area contributed by atoms with Gasteiger partial charge in [0.2, 0.25) is 5.91 Å². The SMILES string of the molecule is CC(C)OC[C@H]1OC(CCCNC(=O)CCCCO[C@H]2O[C@H](CO)[C@@H](O)[C@H](O)[C@@H]2O)CC1OP(=O)(O)OC(C)(C)C. The Hall–Kier alpha value is -0.740. The van der Waals surface area contributed by atoms with Crippen LogP contribution in [0.25, 0.3) is 0 Å². The van der Waals surface area contributed by atoms with E-state index in [1.54, 1.807) is 20.8 Å². The normalized spacial score (nSPS) is 32.3. The molecule has 9 atom stereocenters. The van der Waals surface area contributed by atoms with Gasteiger partial charge in [-0.3, -0.25) is 13.8 Å². The van der Waals surface area contributed by atoms with Crippen molar-refractivity contribution in [2.24, 2.45) is 0 Å². The molecule has 15 heteroatoms. The summed E-state index contributed by atoms with van der Waals surface area (Å²) >= 11 is 0. The van der Waals surface area contributed by atoms with E-state index >= 15 is 0 Å². The fourth-order valence-electron chi connectivity index (χ4n) is 4.51. The zero-order valence-electron chi connectivity index (χ0n) is 24.7. The van der Waals surface area contributed by atoms with E-state index in [-0.39, 0.29) is 37.7 Å². The number of amides is 1. The van der Waals surface area contributed by atoms with Crippen LogP contribution in [-0.2, 0) is 37.4 Å². The number of ether oxygens (including phenoxy) is 4. The molecular formula is C26H50NO13P. The molecule has 0 radical (unpaired) electrons. The lowest BCUT2D eigenvalue weighted by Crippen LogP contribution is -2.59. The van der Waals surface area contributed by atoms with Gasteiger partial charge >= 0.3 is 7.82 Å². The quantitative estimate of drug-likeness (QED) is 0.0989. The van der Waals surface area contributed by atoms with Crippen molar-refractivity contribution in [2.45, 2.75) is 134 Å². The maximum absolute atomic E-state index is 12.5. The fraction of sp³-hybridized carbons (Fsp3) is 0.962. The topological polar surface area (TPSA) is 203 Å². The van der Waals surface area contributed by atoms with Gasteiger partial charge in [0, 0.05) is 26.0 Å². The number of aliphatic hydroxyl groups excluding tert-OH is 4. The highest BCUT2D eigenvalue weighted by molar-refractivity contribution is 7.47. The van der Waals surface area contributed by atoms with Gasteiger partial charge in [-0.05, 0) is 60.3 Å². The molecule has 0 aromatic heterocycles. The number of carbonyl (C=O) groups is 1. The van der Waals surface area contributed by atoms with Gasteiger partial charge < -0.3 is 49.6 Å². The maximum Gasteiger partial charge on any atom is 0.473 e. The zero-order valence-corrected chi connectivity index (χ0v) is 25.6. The van der Waals surface area contributed by atoms with Gasteiger partial charge in [-0.25, -0.2) is 4.57 Å². The lowest BCUT2D eigenvalue weighted by atomic mass is 9.99. The molecule has 2 fully saturated rings. The van der Waals surface area contributed by atoms with Crippen LogP contribution in [0.15, 0.2) is 0 Å². The molecule has 3 unspecified atom stereocenters. The number of phosphoric acid groups is 1. The second-order valence-corrected chi connectivity index (χ2v) is 13.1. The Morgan fingerprint density at radius 2 is 1.76 bits per heavy atom. The Morgan fingerprint density at radius 3 is 2.39 bits per heavy atom. The van der Waals surface area contributed by atoms with E-state index < -0.39 is 62.9 Å². The van der Waals surface area contributed by atoms with Crippen molar-refractivity contribution in [1.82, 2.24) is 5.32 Å². The molecule has 0 aliphatic carbocycles. The molecule has 2 heterocycles. The highest BCUT2D eigenvalue weighted by atomic mass is 31.2. The molecule has 14 nitrogen and oxygen atoms in total. The van der Waals surface area contributed by atoms with Crippen LogP contribution in [0.3, 0.4) is 0 Å². The van der Waals surface area contributed by atoms with Gasteiger partial charge in [-0.15, -0.1) is 0 Å².